The number of hydrogen-bond donors (Lipinski definition) is 5. The minimum absolute atomic E-state index is 0.165. The van der Waals surface area contributed by atoms with Gasteiger partial charge in [-0.1, -0.05) is 29.3 Å². The molecule has 2 saturated heterocycles. The summed E-state index contributed by atoms with van der Waals surface area (Å²) in [7, 11) is 0. The van der Waals surface area contributed by atoms with Crippen LogP contribution in [0.5, 0.6) is 0 Å². The van der Waals surface area contributed by atoms with E-state index in [1.54, 1.807) is 12.1 Å². The van der Waals surface area contributed by atoms with Crippen molar-refractivity contribution in [2.24, 2.45) is 0 Å². The largest absolute Gasteiger partial charge is 0.394 e. The molecule has 1 aromatic carbocycles. The van der Waals surface area contributed by atoms with Crippen molar-refractivity contribution in [2.45, 2.75) is 43.0 Å². The third-order valence-electron chi connectivity index (χ3n) is 4.87. The van der Waals surface area contributed by atoms with E-state index in [2.05, 4.69) is 0 Å². The minimum Gasteiger partial charge on any atom is -0.394 e. The molecule has 0 spiro atoms. The van der Waals surface area contributed by atoms with Gasteiger partial charge in [0, 0.05) is 10.6 Å². The molecule has 2 aliphatic rings. The standard InChI is InChI=1S/C18H23ClO7/c19-13-2-1-12(8-11(13)7-10-3-5-25-6-4-10)18(24)17(23)16(22)15(21)14(9-20)26-18/h1-2,7-8,14-17,20-24H,3-6,9H2/t14-,15-,16+,17-,18-/m1/s1. The maximum absolute atomic E-state index is 10.9. The molecule has 7 nitrogen and oxygen atoms in total. The molecule has 2 heterocycles. The zero-order valence-corrected chi connectivity index (χ0v) is 14.8. The summed E-state index contributed by atoms with van der Waals surface area (Å²) in [4.78, 5) is 0. The van der Waals surface area contributed by atoms with Crippen molar-refractivity contribution >= 4 is 17.7 Å². The molecule has 0 saturated carbocycles. The van der Waals surface area contributed by atoms with E-state index in [1.165, 1.54) is 6.07 Å². The smallest absolute Gasteiger partial charge is 0.222 e. The molecule has 3 rings (SSSR count). The molecule has 26 heavy (non-hydrogen) atoms. The van der Waals surface area contributed by atoms with Crippen LogP contribution in [0.4, 0.5) is 0 Å². The topological polar surface area (TPSA) is 120 Å². The molecule has 0 amide bonds. The Labute approximate surface area is 156 Å². The summed E-state index contributed by atoms with van der Waals surface area (Å²) >= 11 is 6.25. The maximum atomic E-state index is 10.9. The van der Waals surface area contributed by atoms with Crippen LogP contribution in [0.15, 0.2) is 23.8 Å². The number of aliphatic hydroxyl groups excluding tert-OH is 4. The van der Waals surface area contributed by atoms with Gasteiger partial charge in [0.15, 0.2) is 0 Å². The van der Waals surface area contributed by atoms with Gasteiger partial charge in [-0.15, -0.1) is 0 Å². The second-order valence-electron chi connectivity index (χ2n) is 6.61. The van der Waals surface area contributed by atoms with Crippen molar-refractivity contribution in [3.63, 3.8) is 0 Å². The maximum Gasteiger partial charge on any atom is 0.222 e. The second-order valence-corrected chi connectivity index (χ2v) is 7.02. The molecule has 8 heteroatoms. The van der Waals surface area contributed by atoms with Crippen molar-refractivity contribution in [3.8, 4) is 0 Å². The van der Waals surface area contributed by atoms with Gasteiger partial charge in [0.05, 0.1) is 19.8 Å². The normalized spacial score (nSPS) is 35.4. The summed E-state index contributed by atoms with van der Waals surface area (Å²) in [6, 6.07) is 4.59. The van der Waals surface area contributed by atoms with Gasteiger partial charge in [-0.05, 0) is 30.5 Å². The van der Waals surface area contributed by atoms with Crippen LogP contribution >= 0.6 is 11.6 Å². The third-order valence-corrected chi connectivity index (χ3v) is 5.21. The van der Waals surface area contributed by atoms with E-state index in [9.17, 15) is 25.5 Å². The zero-order valence-electron chi connectivity index (χ0n) is 14.1. The predicted octanol–water partition coefficient (Wildman–Crippen LogP) is 0.153. The quantitative estimate of drug-likeness (QED) is 0.501. The molecule has 0 aromatic heterocycles. The Bertz CT molecular complexity index is 670. The highest BCUT2D eigenvalue weighted by molar-refractivity contribution is 6.32. The summed E-state index contributed by atoms with van der Waals surface area (Å²) < 4.78 is 10.7. The fourth-order valence-electron chi connectivity index (χ4n) is 3.27. The van der Waals surface area contributed by atoms with E-state index < -0.39 is 36.8 Å². The average molecular weight is 387 g/mol. The Kier molecular flexibility index (Phi) is 6.01. The van der Waals surface area contributed by atoms with Crippen molar-refractivity contribution < 1.29 is 35.0 Å². The molecule has 0 unspecified atom stereocenters. The lowest BCUT2D eigenvalue weighted by Gasteiger charge is -2.45. The first kappa shape index (κ1) is 19.7. The van der Waals surface area contributed by atoms with Gasteiger partial charge in [0.2, 0.25) is 5.79 Å². The van der Waals surface area contributed by atoms with E-state index in [0.717, 1.165) is 18.4 Å². The fourth-order valence-corrected chi connectivity index (χ4v) is 3.44. The number of hydrogen-bond acceptors (Lipinski definition) is 7. The number of rotatable bonds is 3. The zero-order chi connectivity index (χ0) is 18.9. The lowest BCUT2D eigenvalue weighted by molar-refractivity contribution is -0.357. The summed E-state index contributed by atoms with van der Waals surface area (Å²) in [6.45, 7) is 0.645. The number of benzene rings is 1. The highest BCUT2D eigenvalue weighted by Crippen LogP contribution is 2.38. The number of aliphatic hydroxyl groups is 5. The van der Waals surface area contributed by atoms with Crippen LogP contribution in [0.3, 0.4) is 0 Å². The second kappa shape index (κ2) is 7.92. The Morgan fingerprint density at radius 1 is 1.15 bits per heavy atom. The highest BCUT2D eigenvalue weighted by atomic mass is 35.5. The lowest BCUT2D eigenvalue weighted by Crippen LogP contribution is -2.63. The third kappa shape index (κ3) is 3.67. The Hall–Kier alpha value is -1.03. The Balaban J connectivity index is 1.96. The first-order valence-corrected chi connectivity index (χ1v) is 8.87. The van der Waals surface area contributed by atoms with E-state index in [1.807, 2.05) is 6.08 Å². The molecule has 0 bridgehead atoms. The van der Waals surface area contributed by atoms with Crippen LogP contribution in [0, 0.1) is 0 Å². The van der Waals surface area contributed by atoms with Gasteiger partial charge in [0.1, 0.15) is 24.4 Å². The first-order valence-electron chi connectivity index (χ1n) is 8.49. The molecule has 1 aromatic rings. The molecule has 5 N–H and O–H groups in total. The monoisotopic (exact) mass is 386 g/mol. The van der Waals surface area contributed by atoms with Crippen LogP contribution in [0.1, 0.15) is 24.0 Å². The molecule has 2 fully saturated rings. The predicted molar refractivity (Wildman–Crippen MR) is 93.4 cm³/mol. The van der Waals surface area contributed by atoms with E-state index >= 15 is 0 Å². The van der Waals surface area contributed by atoms with Gasteiger partial charge < -0.3 is 35.0 Å². The van der Waals surface area contributed by atoms with Crippen LogP contribution in [0.2, 0.25) is 5.02 Å². The van der Waals surface area contributed by atoms with Crippen LogP contribution in [0.25, 0.3) is 6.08 Å². The SMILES string of the molecule is OC[C@H]1O[C@](O)(c2ccc(Cl)c(C=C3CCOCC3)c2)[C@H](O)[C@@H](O)[C@@H]1O. The van der Waals surface area contributed by atoms with Crippen LogP contribution < -0.4 is 0 Å². The summed E-state index contributed by atoms with van der Waals surface area (Å²) in [6.07, 6.45) is -2.79. The molecular formula is C18H23ClO7. The Morgan fingerprint density at radius 2 is 1.85 bits per heavy atom. The molecule has 5 atom stereocenters. The van der Waals surface area contributed by atoms with Gasteiger partial charge in [-0.2, -0.15) is 0 Å². The van der Waals surface area contributed by atoms with Gasteiger partial charge in [-0.25, -0.2) is 0 Å². The molecule has 2 aliphatic heterocycles. The van der Waals surface area contributed by atoms with Crippen molar-refractivity contribution in [2.75, 3.05) is 19.8 Å². The molecular weight excluding hydrogens is 364 g/mol. The fraction of sp³-hybridized carbons (Fsp3) is 0.556. The summed E-state index contributed by atoms with van der Waals surface area (Å²) in [5, 5.41) is 50.8. The number of ether oxygens (including phenoxy) is 2. The molecule has 144 valence electrons. The number of halogens is 1. The van der Waals surface area contributed by atoms with Crippen molar-refractivity contribution in [1.82, 2.24) is 0 Å². The Morgan fingerprint density at radius 3 is 2.50 bits per heavy atom. The molecule has 0 aliphatic carbocycles. The van der Waals surface area contributed by atoms with Crippen LogP contribution in [-0.4, -0.2) is 69.8 Å². The van der Waals surface area contributed by atoms with E-state index in [-0.39, 0.29) is 5.56 Å². The lowest BCUT2D eigenvalue weighted by atomic mass is 9.87. The summed E-state index contributed by atoms with van der Waals surface area (Å²) in [5.41, 5.74) is 1.94. The average Bonchev–Trinajstić information content (AvgIpc) is 2.65. The minimum atomic E-state index is -2.29. The van der Waals surface area contributed by atoms with Crippen molar-refractivity contribution in [3.05, 3.63) is 39.9 Å². The van der Waals surface area contributed by atoms with Gasteiger partial charge >= 0.3 is 0 Å². The van der Waals surface area contributed by atoms with Gasteiger partial charge in [0.25, 0.3) is 0 Å². The first-order chi connectivity index (χ1) is 12.4. The highest BCUT2D eigenvalue weighted by Gasteiger charge is 2.53. The van der Waals surface area contributed by atoms with E-state index in [4.69, 9.17) is 21.1 Å². The van der Waals surface area contributed by atoms with Gasteiger partial charge in [-0.3, -0.25) is 0 Å². The van der Waals surface area contributed by atoms with Crippen molar-refractivity contribution in [1.29, 1.82) is 0 Å². The summed E-state index contributed by atoms with van der Waals surface area (Å²) in [5.74, 6) is -2.29. The van der Waals surface area contributed by atoms with E-state index in [0.29, 0.717) is 23.8 Å². The van der Waals surface area contributed by atoms with Crippen LogP contribution in [-0.2, 0) is 15.3 Å². The molecule has 0 radical (unpaired) electrons.